The first-order valence-corrected chi connectivity index (χ1v) is 5.39. The van der Waals surface area contributed by atoms with Gasteiger partial charge >= 0.3 is 0 Å². The molecule has 102 valence electrons. The average Bonchev–Trinajstić information content (AvgIpc) is 2.30. The number of benzene rings is 1. The third-order valence-corrected chi connectivity index (χ3v) is 2.60. The molecule has 0 saturated carbocycles. The maximum Gasteiger partial charge on any atom is 0.222 e. The van der Waals surface area contributed by atoms with Crippen LogP contribution in [0.1, 0.15) is 12.0 Å². The van der Waals surface area contributed by atoms with E-state index in [2.05, 4.69) is 5.32 Å². The first-order valence-electron chi connectivity index (χ1n) is 5.39. The quantitative estimate of drug-likeness (QED) is 0.739. The van der Waals surface area contributed by atoms with Crippen LogP contribution in [0.4, 0.5) is 5.69 Å². The molecule has 0 heterocycles. The van der Waals surface area contributed by atoms with Crippen molar-refractivity contribution in [2.75, 3.05) is 26.5 Å². The summed E-state index contributed by atoms with van der Waals surface area (Å²) in [5, 5.41) is 21.8. The van der Waals surface area contributed by atoms with Crippen molar-refractivity contribution < 1.29 is 15.0 Å². The number of anilines is 1. The number of phenolic OH excluding ortho intramolecular Hbond substituents is 2. The lowest BCUT2D eigenvalue weighted by atomic mass is 10.1. The first kappa shape index (κ1) is 16.6. The molecule has 6 heteroatoms. The molecule has 0 aliphatic rings. The second-order valence-electron chi connectivity index (χ2n) is 4.01. The van der Waals surface area contributed by atoms with Gasteiger partial charge in [-0.1, -0.05) is 6.07 Å². The number of aryl methyl sites for hydroxylation is 1. The molecule has 1 aromatic carbocycles. The number of phenols is 2. The van der Waals surface area contributed by atoms with Crippen LogP contribution in [0.15, 0.2) is 12.1 Å². The summed E-state index contributed by atoms with van der Waals surface area (Å²) in [6.45, 7) is 0. The second kappa shape index (κ2) is 7.10. The smallest absolute Gasteiger partial charge is 0.222 e. The zero-order chi connectivity index (χ0) is 13.0. The highest BCUT2D eigenvalue weighted by atomic mass is 79.9. The van der Waals surface area contributed by atoms with E-state index in [1.807, 2.05) is 0 Å². The highest BCUT2D eigenvalue weighted by molar-refractivity contribution is 8.93. The number of aromatic hydroxyl groups is 2. The van der Waals surface area contributed by atoms with Crippen LogP contribution in [0.5, 0.6) is 11.5 Å². The maximum absolute atomic E-state index is 11.5. The third-order valence-electron chi connectivity index (χ3n) is 2.60. The summed E-state index contributed by atoms with van der Waals surface area (Å²) in [5.41, 5.74) is 1.27. The fourth-order valence-electron chi connectivity index (χ4n) is 1.57. The standard InChI is InChI=1S/C12H18N2O3.BrH/c1-13-11-8(4-6-9(15)12(11)17)5-7-10(16)14(2)3;/h4,6,13,15,17H,5,7H2,1-3H3;1H. The van der Waals surface area contributed by atoms with Gasteiger partial charge in [-0.15, -0.1) is 17.0 Å². The van der Waals surface area contributed by atoms with E-state index in [4.69, 9.17) is 0 Å². The normalized spacial score (nSPS) is 9.50. The number of carbonyl (C=O) groups is 1. The van der Waals surface area contributed by atoms with E-state index in [1.54, 1.807) is 27.2 Å². The van der Waals surface area contributed by atoms with Gasteiger partial charge in [0.05, 0.1) is 5.69 Å². The van der Waals surface area contributed by atoms with Gasteiger partial charge in [-0.2, -0.15) is 0 Å². The van der Waals surface area contributed by atoms with E-state index < -0.39 is 0 Å². The molecule has 1 aromatic rings. The van der Waals surface area contributed by atoms with Crippen molar-refractivity contribution in [2.45, 2.75) is 12.8 Å². The molecule has 0 atom stereocenters. The molecule has 5 nitrogen and oxygen atoms in total. The van der Waals surface area contributed by atoms with Crippen molar-refractivity contribution in [1.29, 1.82) is 0 Å². The summed E-state index contributed by atoms with van der Waals surface area (Å²) in [6, 6.07) is 3.12. The topological polar surface area (TPSA) is 72.8 Å². The summed E-state index contributed by atoms with van der Waals surface area (Å²) < 4.78 is 0. The summed E-state index contributed by atoms with van der Waals surface area (Å²) >= 11 is 0. The molecule has 18 heavy (non-hydrogen) atoms. The number of hydrogen-bond acceptors (Lipinski definition) is 4. The molecule has 1 amide bonds. The van der Waals surface area contributed by atoms with Gasteiger partial charge in [-0.3, -0.25) is 4.79 Å². The molecule has 0 aliphatic carbocycles. The molecule has 3 N–H and O–H groups in total. The number of amides is 1. The Morgan fingerprint density at radius 1 is 1.33 bits per heavy atom. The predicted octanol–water partition coefficient (Wildman–Crippen LogP) is 1.74. The highest BCUT2D eigenvalue weighted by Gasteiger charge is 2.12. The Balaban J connectivity index is 0.00000289. The lowest BCUT2D eigenvalue weighted by Gasteiger charge is -2.13. The van der Waals surface area contributed by atoms with Crippen molar-refractivity contribution in [2.24, 2.45) is 0 Å². The Labute approximate surface area is 117 Å². The Morgan fingerprint density at radius 2 is 1.94 bits per heavy atom. The monoisotopic (exact) mass is 318 g/mol. The van der Waals surface area contributed by atoms with Crippen LogP contribution in [-0.2, 0) is 11.2 Å². The fourth-order valence-corrected chi connectivity index (χ4v) is 1.57. The van der Waals surface area contributed by atoms with Gasteiger partial charge in [-0.25, -0.2) is 0 Å². The van der Waals surface area contributed by atoms with Gasteiger partial charge in [0.15, 0.2) is 11.5 Å². The van der Waals surface area contributed by atoms with E-state index in [9.17, 15) is 15.0 Å². The third kappa shape index (κ3) is 3.80. The number of nitrogens with one attached hydrogen (secondary N) is 1. The van der Waals surface area contributed by atoms with Gasteiger partial charge in [-0.05, 0) is 18.1 Å². The number of nitrogens with zero attached hydrogens (tertiary/aromatic N) is 1. The largest absolute Gasteiger partial charge is 0.504 e. The Hall–Kier alpha value is -1.43. The van der Waals surface area contributed by atoms with Crippen molar-refractivity contribution >= 4 is 28.6 Å². The molecule has 1 rings (SSSR count). The molecule has 0 radical (unpaired) electrons. The molecule has 0 aromatic heterocycles. The Kier molecular flexibility index (Phi) is 6.54. The van der Waals surface area contributed by atoms with E-state index in [1.165, 1.54) is 11.0 Å². The lowest BCUT2D eigenvalue weighted by molar-refractivity contribution is -0.128. The van der Waals surface area contributed by atoms with Crippen LogP contribution in [0, 0.1) is 0 Å². The second-order valence-corrected chi connectivity index (χ2v) is 4.01. The van der Waals surface area contributed by atoms with Crippen molar-refractivity contribution in [1.82, 2.24) is 4.90 Å². The number of carbonyl (C=O) groups excluding carboxylic acids is 1. The van der Waals surface area contributed by atoms with Crippen LogP contribution < -0.4 is 5.32 Å². The zero-order valence-corrected chi connectivity index (χ0v) is 12.4. The highest BCUT2D eigenvalue weighted by Crippen LogP contribution is 2.36. The van der Waals surface area contributed by atoms with Crippen LogP contribution >= 0.6 is 17.0 Å². The SMILES string of the molecule is Br.CNc1c(CCC(=O)N(C)C)ccc(O)c1O. The number of hydrogen-bond donors (Lipinski definition) is 3. The minimum Gasteiger partial charge on any atom is -0.504 e. The molecule has 0 bridgehead atoms. The van der Waals surface area contributed by atoms with Crippen LogP contribution in [0.25, 0.3) is 0 Å². The minimum absolute atomic E-state index is 0. The predicted molar refractivity (Wildman–Crippen MR) is 76.7 cm³/mol. The van der Waals surface area contributed by atoms with Crippen molar-refractivity contribution in [3.05, 3.63) is 17.7 Å². The van der Waals surface area contributed by atoms with Gasteiger partial charge in [0, 0.05) is 27.6 Å². The summed E-state index contributed by atoms with van der Waals surface area (Å²) in [4.78, 5) is 13.0. The van der Waals surface area contributed by atoms with E-state index >= 15 is 0 Å². The van der Waals surface area contributed by atoms with Crippen LogP contribution in [-0.4, -0.2) is 42.2 Å². The van der Waals surface area contributed by atoms with Gasteiger partial charge < -0.3 is 20.4 Å². The molecule has 0 fully saturated rings. The van der Waals surface area contributed by atoms with Gasteiger partial charge in [0.1, 0.15) is 0 Å². The Bertz CT molecular complexity index is 422. The molecular formula is C12H19BrN2O3. The molecule has 0 aliphatic heterocycles. The van der Waals surface area contributed by atoms with Crippen LogP contribution in [0.3, 0.4) is 0 Å². The van der Waals surface area contributed by atoms with E-state index in [0.717, 1.165) is 5.56 Å². The summed E-state index contributed by atoms with van der Waals surface area (Å²) in [6.07, 6.45) is 0.882. The first-order chi connectivity index (χ1) is 7.97. The maximum atomic E-state index is 11.5. The molecule has 0 unspecified atom stereocenters. The van der Waals surface area contributed by atoms with E-state index in [-0.39, 0.29) is 34.4 Å². The lowest BCUT2D eigenvalue weighted by Crippen LogP contribution is -2.21. The summed E-state index contributed by atoms with van der Waals surface area (Å²) in [7, 11) is 5.07. The molecule has 0 spiro atoms. The van der Waals surface area contributed by atoms with Gasteiger partial charge in [0.2, 0.25) is 5.91 Å². The van der Waals surface area contributed by atoms with E-state index in [0.29, 0.717) is 18.5 Å². The summed E-state index contributed by atoms with van der Waals surface area (Å²) in [5.74, 6) is -0.320. The number of rotatable bonds is 4. The molecular weight excluding hydrogens is 300 g/mol. The Morgan fingerprint density at radius 3 is 2.44 bits per heavy atom. The van der Waals surface area contributed by atoms with Crippen molar-refractivity contribution in [3.63, 3.8) is 0 Å². The van der Waals surface area contributed by atoms with Crippen LogP contribution in [0.2, 0.25) is 0 Å². The average molecular weight is 319 g/mol. The van der Waals surface area contributed by atoms with Crippen molar-refractivity contribution in [3.8, 4) is 11.5 Å². The molecule has 0 saturated heterocycles. The zero-order valence-electron chi connectivity index (χ0n) is 10.7. The minimum atomic E-state index is -0.178. The fraction of sp³-hybridized carbons (Fsp3) is 0.417. The van der Waals surface area contributed by atoms with Gasteiger partial charge in [0.25, 0.3) is 0 Å². The number of halogens is 1.